The molecule has 3 aromatic heterocycles. The molecule has 1 saturated carbocycles. The number of carbonyl (C=O) groups is 1. The van der Waals surface area contributed by atoms with Gasteiger partial charge in [-0.25, -0.2) is 0 Å². The number of hydrogen-bond donors (Lipinski definition) is 1. The van der Waals surface area contributed by atoms with Gasteiger partial charge in [-0.1, -0.05) is 6.07 Å². The van der Waals surface area contributed by atoms with Gasteiger partial charge in [0.15, 0.2) is 0 Å². The Morgan fingerprint density at radius 3 is 2.73 bits per heavy atom. The molecule has 0 aliphatic heterocycles. The lowest BCUT2D eigenvalue weighted by molar-refractivity contribution is -0.165. The van der Waals surface area contributed by atoms with Crippen LogP contribution in [0.15, 0.2) is 54.9 Å². The van der Waals surface area contributed by atoms with E-state index in [1.165, 1.54) is 0 Å². The Morgan fingerprint density at radius 1 is 1.09 bits per heavy atom. The summed E-state index contributed by atoms with van der Waals surface area (Å²) in [5.74, 6) is -0.0380. The maximum atomic E-state index is 11.2. The van der Waals surface area contributed by atoms with Crippen LogP contribution in [0.4, 0.5) is 0 Å². The SMILES string of the molecule is Cc1ccc2ccnc(-c3cnc4cc(OCCOC5CC(C)(C(=O)O)C5)ccc4c3)c2n1. The highest BCUT2D eigenvalue weighted by Crippen LogP contribution is 2.42. The molecule has 1 fully saturated rings. The molecule has 1 aliphatic rings. The van der Waals surface area contributed by atoms with Crippen LogP contribution in [-0.2, 0) is 9.53 Å². The summed E-state index contributed by atoms with van der Waals surface area (Å²) in [6.07, 6.45) is 4.70. The Labute approximate surface area is 191 Å². The number of benzene rings is 1. The monoisotopic (exact) mass is 443 g/mol. The van der Waals surface area contributed by atoms with Crippen molar-refractivity contribution in [3.63, 3.8) is 0 Å². The molecule has 3 heterocycles. The van der Waals surface area contributed by atoms with Crippen molar-refractivity contribution in [3.05, 3.63) is 60.6 Å². The lowest BCUT2D eigenvalue weighted by Gasteiger charge is -2.41. The summed E-state index contributed by atoms with van der Waals surface area (Å²) in [6.45, 7) is 4.55. The number of ether oxygens (including phenoxy) is 2. The van der Waals surface area contributed by atoms with Gasteiger partial charge in [0.25, 0.3) is 0 Å². The number of aliphatic carboxylic acids is 1. The van der Waals surface area contributed by atoms with Crippen molar-refractivity contribution in [3.8, 4) is 17.0 Å². The van der Waals surface area contributed by atoms with Crippen LogP contribution >= 0.6 is 0 Å². The summed E-state index contributed by atoms with van der Waals surface area (Å²) in [5, 5.41) is 11.2. The molecule has 0 atom stereocenters. The zero-order chi connectivity index (χ0) is 23.0. The van der Waals surface area contributed by atoms with E-state index in [1.54, 1.807) is 13.1 Å². The lowest BCUT2D eigenvalue weighted by Crippen LogP contribution is -2.46. The van der Waals surface area contributed by atoms with Crippen LogP contribution in [0.25, 0.3) is 33.1 Å². The van der Waals surface area contributed by atoms with Crippen molar-refractivity contribution in [2.75, 3.05) is 13.2 Å². The average Bonchev–Trinajstić information content (AvgIpc) is 2.79. The molecule has 0 amide bonds. The summed E-state index contributed by atoms with van der Waals surface area (Å²) in [4.78, 5) is 25.0. The molecule has 0 unspecified atom stereocenters. The maximum Gasteiger partial charge on any atom is 0.309 e. The van der Waals surface area contributed by atoms with E-state index in [2.05, 4.69) is 27.1 Å². The minimum atomic E-state index is -0.756. The van der Waals surface area contributed by atoms with Gasteiger partial charge in [0.05, 0.1) is 34.9 Å². The summed E-state index contributed by atoms with van der Waals surface area (Å²) >= 11 is 0. The fourth-order valence-electron chi connectivity index (χ4n) is 4.29. The van der Waals surface area contributed by atoms with Crippen LogP contribution in [-0.4, -0.2) is 45.3 Å². The van der Waals surface area contributed by atoms with E-state index in [1.807, 2.05) is 43.5 Å². The predicted molar refractivity (Wildman–Crippen MR) is 125 cm³/mol. The van der Waals surface area contributed by atoms with Gasteiger partial charge in [0, 0.05) is 40.5 Å². The number of rotatable bonds is 7. The number of carboxylic acid groups (broad SMARTS) is 1. The number of aromatic nitrogens is 3. The number of hydrogen-bond acceptors (Lipinski definition) is 6. The minimum Gasteiger partial charge on any atom is -0.491 e. The maximum absolute atomic E-state index is 11.2. The van der Waals surface area contributed by atoms with Gasteiger partial charge in [0.2, 0.25) is 0 Å². The average molecular weight is 444 g/mol. The molecule has 0 spiro atoms. The Bertz CT molecular complexity index is 1350. The van der Waals surface area contributed by atoms with Gasteiger partial charge in [-0.3, -0.25) is 19.7 Å². The number of nitrogens with zero attached hydrogens (tertiary/aromatic N) is 3. The second-order valence-corrected chi connectivity index (χ2v) is 8.88. The predicted octanol–water partition coefficient (Wildman–Crippen LogP) is 4.80. The Hall–Kier alpha value is -3.58. The Morgan fingerprint density at radius 2 is 1.91 bits per heavy atom. The topological polar surface area (TPSA) is 94.4 Å². The normalized spacial score (nSPS) is 20.0. The molecule has 33 heavy (non-hydrogen) atoms. The van der Waals surface area contributed by atoms with E-state index in [0.29, 0.717) is 26.1 Å². The highest BCUT2D eigenvalue weighted by molar-refractivity contribution is 5.93. The summed E-state index contributed by atoms with van der Waals surface area (Å²) in [5.41, 5.74) is 3.74. The largest absolute Gasteiger partial charge is 0.491 e. The van der Waals surface area contributed by atoms with E-state index < -0.39 is 11.4 Å². The first-order valence-corrected chi connectivity index (χ1v) is 11.0. The number of pyridine rings is 3. The molecule has 1 N–H and O–H groups in total. The van der Waals surface area contributed by atoms with Crippen molar-refractivity contribution in [2.24, 2.45) is 5.41 Å². The van der Waals surface area contributed by atoms with Gasteiger partial charge >= 0.3 is 5.97 Å². The van der Waals surface area contributed by atoms with Crippen LogP contribution in [0.3, 0.4) is 0 Å². The van der Waals surface area contributed by atoms with E-state index in [4.69, 9.17) is 14.6 Å². The summed E-state index contributed by atoms with van der Waals surface area (Å²) in [7, 11) is 0. The fourth-order valence-corrected chi connectivity index (χ4v) is 4.29. The molecule has 0 bridgehead atoms. The summed E-state index contributed by atoms with van der Waals surface area (Å²) < 4.78 is 11.5. The second kappa shape index (κ2) is 8.41. The van der Waals surface area contributed by atoms with Gasteiger partial charge in [0.1, 0.15) is 12.4 Å². The van der Waals surface area contributed by atoms with Crippen LogP contribution in [0.5, 0.6) is 5.75 Å². The third-order valence-corrected chi connectivity index (χ3v) is 6.26. The third-order valence-electron chi connectivity index (χ3n) is 6.26. The first-order valence-electron chi connectivity index (χ1n) is 11.0. The molecule has 168 valence electrons. The van der Waals surface area contributed by atoms with E-state index in [0.717, 1.165) is 44.5 Å². The molecular formula is C26H25N3O4. The van der Waals surface area contributed by atoms with Crippen molar-refractivity contribution in [1.29, 1.82) is 0 Å². The van der Waals surface area contributed by atoms with Crippen molar-refractivity contribution in [2.45, 2.75) is 32.8 Å². The zero-order valence-electron chi connectivity index (χ0n) is 18.6. The molecule has 4 aromatic rings. The van der Waals surface area contributed by atoms with Gasteiger partial charge in [-0.05, 0) is 57.0 Å². The molecular weight excluding hydrogens is 418 g/mol. The molecule has 7 nitrogen and oxygen atoms in total. The van der Waals surface area contributed by atoms with E-state index >= 15 is 0 Å². The number of aryl methyl sites for hydroxylation is 1. The highest BCUT2D eigenvalue weighted by Gasteiger charge is 2.47. The van der Waals surface area contributed by atoms with Crippen LogP contribution in [0.2, 0.25) is 0 Å². The van der Waals surface area contributed by atoms with Gasteiger partial charge < -0.3 is 14.6 Å². The van der Waals surface area contributed by atoms with Gasteiger partial charge in [-0.2, -0.15) is 0 Å². The lowest BCUT2D eigenvalue weighted by atomic mass is 9.68. The quantitative estimate of drug-likeness (QED) is 0.410. The smallest absolute Gasteiger partial charge is 0.309 e. The number of carboxylic acids is 1. The first-order chi connectivity index (χ1) is 15.9. The second-order valence-electron chi connectivity index (χ2n) is 8.88. The van der Waals surface area contributed by atoms with Crippen LogP contribution < -0.4 is 4.74 Å². The molecule has 1 aliphatic carbocycles. The van der Waals surface area contributed by atoms with E-state index in [-0.39, 0.29) is 6.10 Å². The van der Waals surface area contributed by atoms with E-state index in [9.17, 15) is 4.79 Å². The Kier molecular flexibility index (Phi) is 5.42. The molecule has 0 radical (unpaired) electrons. The summed E-state index contributed by atoms with van der Waals surface area (Å²) in [6, 6.07) is 13.9. The van der Waals surface area contributed by atoms with Crippen molar-refractivity contribution >= 4 is 27.8 Å². The standard InChI is InChI=1S/C26H25N3O4/c1-16-3-4-17-7-8-27-23(24(17)29-16)19-11-18-5-6-20(12-22(18)28-15-19)32-9-10-33-21-13-26(2,14-21)25(30)31/h3-8,11-12,15,21H,9-10,13-14H2,1-2H3,(H,30,31). The van der Waals surface area contributed by atoms with Crippen LogP contribution in [0, 0.1) is 12.3 Å². The van der Waals surface area contributed by atoms with Crippen molar-refractivity contribution in [1.82, 2.24) is 15.0 Å². The molecule has 0 saturated heterocycles. The fraction of sp³-hybridized carbons (Fsp3) is 0.308. The number of fused-ring (bicyclic) bond motifs is 2. The highest BCUT2D eigenvalue weighted by atomic mass is 16.5. The van der Waals surface area contributed by atoms with Gasteiger partial charge in [-0.15, -0.1) is 0 Å². The van der Waals surface area contributed by atoms with Crippen LogP contribution in [0.1, 0.15) is 25.5 Å². The Balaban J connectivity index is 1.25. The minimum absolute atomic E-state index is 0.00709. The third kappa shape index (κ3) is 4.24. The first kappa shape index (κ1) is 21.3. The van der Waals surface area contributed by atoms with Crippen molar-refractivity contribution < 1.29 is 19.4 Å². The molecule has 1 aromatic carbocycles. The molecule has 7 heteroatoms. The zero-order valence-corrected chi connectivity index (χ0v) is 18.6. The molecule has 5 rings (SSSR count).